The van der Waals surface area contributed by atoms with Gasteiger partial charge in [-0.3, -0.25) is 5.10 Å². The number of nitrogens with zero attached hydrogens (tertiary/aromatic N) is 3. The highest BCUT2D eigenvalue weighted by Gasteiger charge is 2.38. The van der Waals surface area contributed by atoms with Gasteiger partial charge in [0.05, 0.1) is 22.9 Å². The summed E-state index contributed by atoms with van der Waals surface area (Å²) in [5.41, 5.74) is 2.51. The maximum Gasteiger partial charge on any atom is 0.449 e. The van der Waals surface area contributed by atoms with Crippen LogP contribution >= 0.6 is 11.3 Å². The van der Waals surface area contributed by atoms with Crippen molar-refractivity contribution in [2.24, 2.45) is 4.99 Å². The number of esters is 1. The standard InChI is InChI=1S/C20H19F3N4O3S/c1-4-30-19(29)13(18(28)20(21,22)23)10-24-16-9-14(25-26-16)17-15(7-8-31-17)27-11(2)5-6-12(27)3/h5-10,28H,4H2,1-3H3,(H,25,26)/b18-13-,24-10?. The van der Waals surface area contributed by atoms with Gasteiger partial charge in [-0.05, 0) is 44.4 Å². The van der Waals surface area contributed by atoms with E-state index in [0.29, 0.717) is 11.9 Å². The maximum absolute atomic E-state index is 12.9. The van der Waals surface area contributed by atoms with Gasteiger partial charge in [-0.1, -0.05) is 0 Å². The Kier molecular flexibility index (Phi) is 6.34. The third-order valence-corrected chi connectivity index (χ3v) is 5.25. The molecule has 0 spiro atoms. The summed E-state index contributed by atoms with van der Waals surface area (Å²) < 4.78 is 45.2. The first-order valence-electron chi connectivity index (χ1n) is 9.13. The minimum Gasteiger partial charge on any atom is -0.504 e. The van der Waals surface area contributed by atoms with E-state index >= 15 is 0 Å². The Bertz CT molecular complexity index is 1140. The molecule has 0 aromatic carbocycles. The number of hydrogen-bond donors (Lipinski definition) is 2. The van der Waals surface area contributed by atoms with Crippen LogP contribution in [-0.4, -0.2) is 44.8 Å². The van der Waals surface area contributed by atoms with Gasteiger partial charge >= 0.3 is 12.1 Å². The van der Waals surface area contributed by atoms with Gasteiger partial charge in [0.25, 0.3) is 0 Å². The van der Waals surface area contributed by atoms with Crippen molar-refractivity contribution in [3.8, 4) is 16.3 Å². The molecular weight excluding hydrogens is 433 g/mol. The number of alkyl halides is 3. The SMILES string of the molecule is CCOC(=O)/C(C=Nc1cc(-c2sccc2-n2c(C)ccc2C)[nH]n1)=C(\O)C(F)(F)F. The smallest absolute Gasteiger partial charge is 0.449 e. The van der Waals surface area contributed by atoms with Crippen molar-refractivity contribution in [2.75, 3.05) is 6.61 Å². The molecule has 31 heavy (non-hydrogen) atoms. The molecule has 164 valence electrons. The number of carbonyl (C=O) groups is 1. The number of aliphatic hydroxyl groups is 1. The van der Waals surface area contributed by atoms with Crippen molar-refractivity contribution >= 4 is 29.3 Å². The Morgan fingerprint density at radius 1 is 1.32 bits per heavy atom. The Balaban J connectivity index is 1.94. The van der Waals surface area contributed by atoms with E-state index in [9.17, 15) is 23.1 Å². The zero-order valence-electron chi connectivity index (χ0n) is 16.8. The minimum absolute atomic E-state index is 0.0343. The summed E-state index contributed by atoms with van der Waals surface area (Å²) in [6.07, 6.45) is -4.53. The number of halogens is 3. The fourth-order valence-corrected chi connectivity index (χ4v) is 3.77. The molecule has 0 radical (unpaired) electrons. The van der Waals surface area contributed by atoms with Crippen molar-refractivity contribution < 1.29 is 27.8 Å². The van der Waals surface area contributed by atoms with Gasteiger partial charge in [-0.15, -0.1) is 11.3 Å². The van der Waals surface area contributed by atoms with E-state index in [4.69, 9.17) is 0 Å². The fraction of sp³-hybridized carbons (Fsp3) is 0.250. The second-order valence-electron chi connectivity index (χ2n) is 6.46. The van der Waals surface area contributed by atoms with Gasteiger partial charge in [0.1, 0.15) is 5.57 Å². The molecule has 0 aliphatic rings. The van der Waals surface area contributed by atoms with Crippen molar-refractivity contribution in [3.63, 3.8) is 0 Å². The van der Waals surface area contributed by atoms with Crippen LogP contribution in [0.25, 0.3) is 16.3 Å². The molecular formula is C20H19F3N4O3S. The molecule has 0 saturated heterocycles. The average molecular weight is 452 g/mol. The number of aliphatic hydroxyl groups excluding tert-OH is 1. The van der Waals surface area contributed by atoms with E-state index in [0.717, 1.165) is 22.0 Å². The first kappa shape index (κ1) is 22.3. The predicted molar refractivity (Wildman–Crippen MR) is 111 cm³/mol. The van der Waals surface area contributed by atoms with E-state index in [1.54, 1.807) is 0 Å². The number of aryl methyl sites for hydroxylation is 2. The summed E-state index contributed by atoms with van der Waals surface area (Å²) in [6, 6.07) is 7.48. The molecule has 0 amide bonds. The highest BCUT2D eigenvalue weighted by atomic mass is 32.1. The monoisotopic (exact) mass is 452 g/mol. The van der Waals surface area contributed by atoms with Crippen LogP contribution in [0.5, 0.6) is 0 Å². The topological polar surface area (TPSA) is 92.5 Å². The molecule has 0 atom stereocenters. The Morgan fingerprint density at radius 2 is 2.00 bits per heavy atom. The number of ether oxygens (including phenoxy) is 1. The molecule has 0 saturated carbocycles. The van der Waals surface area contributed by atoms with Gasteiger partial charge in [-0.25, -0.2) is 9.79 Å². The van der Waals surface area contributed by atoms with Crippen LogP contribution in [-0.2, 0) is 9.53 Å². The quantitative estimate of drug-likeness (QED) is 0.233. The summed E-state index contributed by atoms with van der Waals surface area (Å²) in [6.45, 7) is 5.23. The molecule has 0 bridgehead atoms. The van der Waals surface area contributed by atoms with Gasteiger partial charge in [-0.2, -0.15) is 18.3 Å². The van der Waals surface area contributed by atoms with Crippen LogP contribution < -0.4 is 0 Å². The van der Waals surface area contributed by atoms with Crippen molar-refractivity contribution in [3.05, 3.63) is 52.4 Å². The number of aromatic nitrogens is 3. The van der Waals surface area contributed by atoms with E-state index in [-0.39, 0.29) is 12.4 Å². The third-order valence-electron chi connectivity index (χ3n) is 4.31. The van der Waals surface area contributed by atoms with E-state index in [1.165, 1.54) is 24.3 Å². The number of H-pyrrole nitrogens is 1. The zero-order chi connectivity index (χ0) is 22.8. The normalized spacial score (nSPS) is 13.0. The molecule has 3 aromatic heterocycles. The second kappa shape index (κ2) is 8.80. The van der Waals surface area contributed by atoms with Gasteiger partial charge in [0.15, 0.2) is 5.82 Å². The molecule has 0 fully saturated rings. The second-order valence-corrected chi connectivity index (χ2v) is 7.38. The number of aromatic amines is 1. The first-order chi connectivity index (χ1) is 14.6. The van der Waals surface area contributed by atoms with Crippen LogP contribution in [0.15, 0.2) is 46.0 Å². The Morgan fingerprint density at radius 3 is 2.61 bits per heavy atom. The lowest BCUT2D eigenvalue weighted by atomic mass is 10.2. The van der Waals surface area contributed by atoms with Crippen LogP contribution in [0.3, 0.4) is 0 Å². The van der Waals surface area contributed by atoms with Gasteiger partial charge in [0.2, 0.25) is 5.76 Å². The highest BCUT2D eigenvalue weighted by Crippen LogP contribution is 2.34. The molecule has 2 N–H and O–H groups in total. The fourth-order valence-electron chi connectivity index (χ4n) is 2.92. The Hall–Kier alpha value is -3.34. The van der Waals surface area contributed by atoms with Crippen LogP contribution in [0.1, 0.15) is 18.3 Å². The summed E-state index contributed by atoms with van der Waals surface area (Å²) >= 11 is 1.46. The Labute approximate surface area is 179 Å². The molecule has 3 heterocycles. The summed E-state index contributed by atoms with van der Waals surface area (Å²) in [5.74, 6) is -3.38. The summed E-state index contributed by atoms with van der Waals surface area (Å²) in [7, 11) is 0. The van der Waals surface area contributed by atoms with Crippen LogP contribution in [0.2, 0.25) is 0 Å². The van der Waals surface area contributed by atoms with E-state index in [2.05, 4.69) is 24.5 Å². The van der Waals surface area contributed by atoms with Gasteiger partial charge < -0.3 is 14.4 Å². The summed E-state index contributed by atoms with van der Waals surface area (Å²) in [5, 5.41) is 18.1. The lowest BCUT2D eigenvalue weighted by molar-refractivity contribution is -0.141. The molecule has 3 rings (SSSR count). The number of nitrogens with one attached hydrogen (secondary N) is 1. The molecule has 11 heteroatoms. The zero-order valence-corrected chi connectivity index (χ0v) is 17.6. The molecule has 0 aliphatic carbocycles. The lowest BCUT2D eigenvalue weighted by Gasteiger charge is -2.09. The van der Waals surface area contributed by atoms with Crippen molar-refractivity contribution in [1.82, 2.24) is 14.8 Å². The first-order valence-corrected chi connectivity index (χ1v) is 10.0. The lowest BCUT2D eigenvalue weighted by Crippen LogP contribution is -2.20. The number of thiophene rings is 1. The van der Waals surface area contributed by atoms with E-state index in [1.807, 2.05) is 37.4 Å². The van der Waals surface area contributed by atoms with Gasteiger partial charge in [0, 0.05) is 23.7 Å². The predicted octanol–water partition coefficient (Wildman–Crippen LogP) is 5.19. The minimum atomic E-state index is -5.12. The third kappa shape index (κ3) is 4.71. The number of rotatable bonds is 6. The number of hydrogen-bond acceptors (Lipinski definition) is 6. The number of allylic oxidation sites excluding steroid dienone is 1. The number of aliphatic imine (C=N–C) groups is 1. The molecule has 7 nitrogen and oxygen atoms in total. The van der Waals surface area contributed by atoms with Crippen molar-refractivity contribution in [1.29, 1.82) is 0 Å². The van der Waals surface area contributed by atoms with Crippen molar-refractivity contribution in [2.45, 2.75) is 26.9 Å². The van der Waals surface area contributed by atoms with Crippen LogP contribution in [0, 0.1) is 13.8 Å². The highest BCUT2D eigenvalue weighted by molar-refractivity contribution is 7.14. The summed E-state index contributed by atoms with van der Waals surface area (Å²) in [4.78, 5) is 16.5. The average Bonchev–Trinajstić information content (AvgIpc) is 3.41. The molecule has 0 unspecified atom stereocenters. The maximum atomic E-state index is 12.9. The van der Waals surface area contributed by atoms with Crippen LogP contribution in [0.4, 0.5) is 19.0 Å². The van der Waals surface area contributed by atoms with E-state index < -0.39 is 23.5 Å². The molecule has 3 aromatic rings. The largest absolute Gasteiger partial charge is 0.504 e. The molecule has 0 aliphatic heterocycles. The number of carbonyl (C=O) groups excluding carboxylic acids is 1.